The van der Waals surface area contributed by atoms with Gasteiger partial charge in [0, 0.05) is 23.0 Å². The minimum atomic E-state index is -0.414. The van der Waals surface area contributed by atoms with E-state index in [1.165, 1.54) is 24.3 Å². The summed E-state index contributed by atoms with van der Waals surface area (Å²) in [5.41, 5.74) is 3.53. The van der Waals surface area contributed by atoms with Crippen molar-refractivity contribution in [1.82, 2.24) is 9.38 Å². The molecule has 4 nitrogen and oxygen atoms in total. The summed E-state index contributed by atoms with van der Waals surface area (Å²) in [5.74, 6) is -0.419. The molecule has 3 heterocycles. The number of rotatable bonds is 2. The Bertz CT molecular complexity index is 1270. The van der Waals surface area contributed by atoms with Crippen LogP contribution in [0.15, 0.2) is 66.9 Å². The maximum Gasteiger partial charge on any atom is 0.256 e. The first kappa shape index (κ1) is 16.4. The van der Waals surface area contributed by atoms with E-state index in [-0.39, 0.29) is 11.7 Å². The van der Waals surface area contributed by atoms with Gasteiger partial charge in [-0.3, -0.25) is 9.20 Å². The van der Waals surface area contributed by atoms with Gasteiger partial charge in [-0.1, -0.05) is 6.07 Å². The lowest BCUT2D eigenvalue weighted by molar-refractivity contribution is -0.110. The van der Waals surface area contributed by atoms with Crippen molar-refractivity contribution in [2.45, 2.75) is 0 Å². The highest BCUT2D eigenvalue weighted by atomic mass is 19.1. The van der Waals surface area contributed by atoms with Gasteiger partial charge in [0.25, 0.3) is 5.91 Å². The summed E-state index contributed by atoms with van der Waals surface area (Å²) in [4.78, 5) is 17.1. The van der Waals surface area contributed by atoms with Crippen LogP contribution in [0.25, 0.3) is 28.6 Å². The molecule has 2 aromatic heterocycles. The first-order valence-corrected chi connectivity index (χ1v) is 8.66. The molecule has 0 atom stereocenters. The van der Waals surface area contributed by atoms with Crippen LogP contribution in [0, 0.1) is 11.6 Å². The molecule has 0 saturated carbocycles. The van der Waals surface area contributed by atoms with Gasteiger partial charge >= 0.3 is 0 Å². The zero-order valence-corrected chi connectivity index (χ0v) is 14.5. The van der Waals surface area contributed by atoms with Crippen LogP contribution in [-0.4, -0.2) is 15.3 Å². The van der Waals surface area contributed by atoms with Crippen molar-refractivity contribution in [2.24, 2.45) is 0 Å². The molecule has 1 aliphatic rings. The highest BCUT2D eigenvalue weighted by Crippen LogP contribution is 2.34. The molecular formula is C22H13F2N3O. The van der Waals surface area contributed by atoms with Crippen LogP contribution < -0.4 is 5.32 Å². The van der Waals surface area contributed by atoms with Crippen LogP contribution in [0.5, 0.6) is 0 Å². The minimum absolute atomic E-state index is 0.305. The Hall–Kier alpha value is -3.80. The Morgan fingerprint density at radius 3 is 2.57 bits per heavy atom. The Kier molecular flexibility index (Phi) is 3.58. The molecule has 6 heteroatoms. The van der Waals surface area contributed by atoms with Crippen molar-refractivity contribution < 1.29 is 13.6 Å². The molecule has 0 saturated heterocycles. The first-order valence-electron chi connectivity index (χ1n) is 8.66. The van der Waals surface area contributed by atoms with Crippen molar-refractivity contribution in [3.05, 3.63) is 89.8 Å². The monoisotopic (exact) mass is 373 g/mol. The second-order valence-corrected chi connectivity index (χ2v) is 6.49. The number of hydrogen-bond acceptors (Lipinski definition) is 2. The lowest BCUT2D eigenvalue weighted by Crippen LogP contribution is -2.03. The molecule has 0 bridgehead atoms. The van der Waals surface area contributed by atoms with Crippen LogP contribution in [0.4, 0.5) is 14.5 Å². The van der Waals surface area contributed by atoms with E-state index in [9.17, 15) is 13.6 Å². The van der Waals surface area contributed by atoms with Crippen LogP contribution in [0.3, 0.4) is 0 Å². The third-order valence-electron chi connectivity index (χ3n) is 4.72. The van der Waals surface area contributed by atoms with Gasteiger partial charge in [0.15, 0.2) is 0 Å². The number of amides is 1. The smallest absolute Gasteiger partial charge is 0.256 e. The molecule has 136 valence electrons. The molecule has 0 radical (unpaired) electrons. The van der Waals surface area contributed by atoms with Gasteiger partial charge < -0.3 is 5.32 Å². The number of anilines is 1. The summed E-state index contributed by atoms with van der Waals surface area (Å²) in [6.07, 6.45) is 3.51. The Labute approximate surface area is 158 Å². The SMILES string of the molecule is O=C1Nc2ccc(F)cc2/C1=C/c1nc(-c2ccc(F)cc2)n2ccccc12. The number of imidazole rings is 1. The van der Waals surface area contributed by atoms with Gasteiger partial charge in [0.2, 0.25) is 0 Å². The quantitative estimate of drug-likeness (QED) is 0.515. The molecule has 2 aromatic carbocycles. The van der Waals surface area contributed by atoms with Gasteiger partial charge in [0.05, 0.1) is 16.8 Å². The highest BCUT2D eigenvalue weighted by molar-refractivity contribution is 6.35. The molecule has 1 amide bonds. The van der Waals surface area contributed by atoms with Crippen molar-refractivity contribution in [2.75, 3.05) is 5.32 Å². The zero-order chi connectivity index (χ0) is 19.3. The van der Waals surface area contributed by atoms with Gasteiger partial charge in [-0.25, -0.2) is 13.8 Å². The van der Waals surface area contributed by atoms with E-state index in [1.54, 1.807) is 24.3 Å². The van der Waals surface area contributed by atoms with Crippen LogP contribution in [0.1, 0.15) is 11.3 Å². The van der Waals surface area contributed by atoms with Crippen molar-refractivity contribution in [3.8, 4) is 11.4 Å². The zero-order valence-electron chi connectivity index (χ0n) is 14.5. The Morgan fingerprint density at radius 2 is 1.75 bits per heavy atom. The fraction of sp³-hybridized carbons (Fsp3) is 0. The molecule has 0 fully saturated rings. The van der Waals surface area contributed by atoms with Crippen LogP contribution >= 0.6 is 0 Å². The first-order chi connectivity index (χ1) is 13.6. The van der Waals surface area contributed by atoms with Crippen molar-refractivity contribution in [1.29, 1.82) is 0 Å². The minimum Gasteiger partial charge on any atom is -0.321 e. The largest absolute Gasteiger partial charge is 0.321 e. The summed E-state index contributed by atoms with van der Waals surface area (Å²) in [7, 11) is 0. The number of nitrogens with zero attached hydrogens (tertiary/aromatic N) is 2. The van der Waals surface area contributed by atoms with Gasteiger partial charge in [-0.05, 0) is 60.7 Å². The molecule has 1 N–H and O–H groups in total. The summed E-state index contributed by atoms with van der Waals surface area (Å²) in [6.45, 7) is 0. The van der Waals surface area contributed by atoms with E-state index in [1.807, 2.05) is 28.8 Å². The van der Waals surface area contributed by atoms with E-state index in [4.69, 9.17) is 0 Å². The molecule has 5 rings (SSSR count). The fourth-order valence-electron chi connectivity index (χ4n) is 3.41. The summed E-state index contributed by atoms with van der Waals surface area (Å²) >= 11 is 0. The number of carbonyl (C=O) groups excluding carboxylic acids is 1. The number of nitrogens with one attached hydrogen (secondary N) is 1. The van der Waals surface area contributed by atoms with Crippen LogP contribution in [0.2, 0.25) is 0 Å². The second kappa shape index (κ2) is 6.13. The molecule has 28 heavy (non-hydrogen) atoms. The Balaban J connectivity index is 1.71. The maximum atomic E-state index is 13.7. The summed E-state index contributed by atoms with van der Waals surface area (Å²) < 4.78 is 28.9. The molecule has 0 unspecified atom stereocenters. The number of benzene rings is 2. The standard InChI is InChI=1S/C22H13F2N3O/c23-14-6-4-13(5-7-14)21-25-19(20-3-1-2-10-27(20)21)12-17-16-11-15(24)8-9-18(16)26-22(17)28/h1-12H,(H,26,28)/b17-12-. The lowest BCUT2D eigenvalue weighted by Gasteiger charge is -2.00. The van der Waals surface area contributed by atoms with E-state index < -0.39 is 5.82 Å². The number of fused-ring (bicyclic) bond motifs is 2. The van der Waals surface area contributed by atoms with E-state index in [0.29, 0.717) is 28.3 Å². The van der Waals surface area contributed by atoms with Gasteiger partial charge in [-0.15, -0.1) is 0 Å². The van der Waals surface area contributed by atoms with E-state index in [2.05, 4.69) is 10.3 Å². The average Bonchev–Trinajstić information content (AvgIpc) is 3.21. The predicted molar refractivity (Wildman–Crippen MR) is 103 cm³/mol. The molecule has 0 aliphatic carbocycles. The molecule has 4 aromatic rings. The Morgan fingerprint density at radius 1 is 0.964 bits per heavy atom. The number of aromatic nitrogens is 2. The predicted octanol–water partition coefficient (Wildman–Crippen LogP) is 4.77. The third-order valence-corrected chi connectivity index (χ3v) is 4.72. The number of carbonyl (C=O) groups is 1. The maximum absolute atomic E-state index is 13.7. The normalized spacial score (nSPS) is 14.5. The van der Waals surface area contributed by atoms with E-state index >= 15 is 0 Å². The molecule has 1 aliphatic heterocycles. The average molecular weight is 373 g/mol. The van der Waals surface area contributed by atoms with E-state index in [0.717, 1.165) is 11.1 Å². The molecular weight excluding hydrogens is 360 g/mol. The fourth-order valence-corrected chi connectivity index (χ4v) is 3.41. The summed E-state index contributed by atoms with van der Waals surface area (Å²) in [6, 6.07) is 15.9. The number of halogens is 2. The number of pyridine rings is 1. The number of hydrogen-bond donors (Lipinski definition) is 1. The highest BCUT2D eigenvalue weighted by Gasteiger charge is 2.25. The van der Waals surface area contributed by atoms with Crippen molar-refractivity contribution in [3.63, 3.8) is 0 Å². The summed E-state index contributed by atoms with van der Waals surface area (Å²) in [5, 5.41) is 2.74. The van der Waals surface area contributed by atoms with Gasteiger partial charge in [-0.2, -0.15) is 0 Å². The topological polar surface area (TPSA) is 46.4 Å². The molecule has 0 spiro atoms. The second-order valence-electron chi connectivity index (χ2n) is 6.49. The lowest BCUT2D eigenvalue weighted by atomic mass is 10.1. The van der Waals surface area contributed by atoms with Crippen molar-refractivity contribution >= 4 is 28.8 Å². The van der Waals surface area contributed by atoms with Crippen LogP contribution in [-0.2, 0) is 4.79 Å². The van der Waals surface area contributed by atoms with Gasteiger partial charge in [0.1, 0.15) is 17.5 Å². The third kappa shape index (κ3) is 2.58.